The fraction of sp³-hybridized carbons (Fsp3) is 1.00. The Labute approximate surface area is 56.2 Å². The summed E-state index contributed by atoms with van der Waals surface area (Å²) < 4.78 is 10.4. The van der Waals surface area contributed by atoms with Gasteiger partial charge in [-0.1, -0.05) is 0 Å². The second kappa shape index (κ2) is 3.18. The summed E-state index contributed by atoms with van der Waals surface area (Å²) in [6.07, 6.45) is 3.17. The van der Waals surface area contributed by atoms with Crippen LogP contribution in [0.2, 0.25) is 0 Å². The van der Waals surface area contributed by atoms with Crippen molar-refractivity contribution in [2.45, 2.75) is 32.0 Å². The molecule has 0 aromatic rings. The molecule has 1 fully saturated rings. The molecule has 1 rings (SSSR count). The Balaban J connectivity index is 2.14. The SMILES string of the molecule is COC[C@H]1CC[C@@H](C)O1. The Bertz CT molecular complexity index is 81.0. The molecular weight excluding hydrogens is 116 g/mol. The van der Waals surface area contributed by atoms with Crippen molar-refractivity contribution in [1.82, 2.24) is 0 Å². The number of hydrogen-bond donors (Lipinski definition) is 0. The molecule has 0 bridgehead atoms. The first-order valence-electron chi connectivity index (χ1n) is 3.47. The Morgan fingerprint density at radius 2 is 2.33 bits per heavy atom. The van der Waals surface area contributed by atoms with Crippen molar-refractivity contribution >= 4 is 0 Å². The third kappa shape index (κ3) is 1.95. The van der Waals surface area contributed by atoms with E-state index in [1.807, 2.05) is 0 Å². The van der Waals surface area contributed by atoms with E-state index in [4.69, 9.17) is 9.47 Å². The largest absolute Gasteiger partial charge is 0.382 e. The summed E-state index contributed by atoms with van der Waals surface area (Å²) in [5, 5.41) is 0. The van der Waals surface area contributed by atoms with Gasteiger partial charge < -0.3 is 9.47 Å². The first-order chi connectivity index (χ1) is 4.33. The fourth-order valence-electron chi connectivity index (χ4n) is 1.19. The monoisotopic (exact) mass is 130 g/mol. The van der Waals surface area contributed by atoms with Gasteiger partial charge in [-0.15, -0.1) is 0 Å². The Morgan fingerprint density at radius 1 is 1.56 bits per heavy atom. The molecule has 0 aromatic carbocycles. The summed E-state index contributed by atoms with van der Waals surface area (Å²) in [5.74, 6) is 0. The minimum atomic E-state index is 0.366. The van der Waals surface area contributed by atoms with Crippen LogP contribution in [0.5, 0.6) is 0 Å². The van der Waals surface area contributed by atoms with E-state index in [0.717, 1.165) is 13.0 Å². The fourth-order valence-corrected chi connectivity index (χ4v) is 1.19. The topological polar surface area (TPSA) is 18.5 Å². The maximum absolute atomic E-state index is 5.48. The molecule has 2 nitrogen and oxygen atoms in total. The molecule has 0 aliphatic carbocycles. The predicted octanol–water partition coefficient (Wildman–Crippen LogP) is 1.20. The molecule has 0 radical (unpaired) electrons. The van der Waals surface area contributed by atoms with Crippen LogP contribution in [0.3, 0.4) is 0 Å². The Morgan fingerprint density at radius 3 is 2.78 bits per heavy atom. The van der Waals surface area contributed by atoms with Gasteiger partial charge in [-0.2, -0.15) is 0 Å². The highest BCUT2D eigenvalue weighted by atomic mass is 16.5. The van der Waals surface area contributed by atoms with Gasteiger partial charge in [0.15, 0.2) is 0 Å². The van der Waals surface area contributed by atoms with Gasteiger partial charge in [0.1, 0.15) is 0 Å². The lowest BCUT2D eigenvalue weighted by Crippen LogP contribution is -2.14. The molecule has 9 heavy (non-hydrogen) atoms. The third-order valence-corrected chi connectivity index (χ3v) is 1.67. The molecule has 1 aliphatic heterocycles. The Hall–Kier alpha value is -0.0800. The van der Waals surface area contributed by atoms with Crippen LogP contribution < -0.4 is 0 Å². The maximum Gasteiger partial charge on any atom is 0.0812 e. The van der Waals surface area contributed by atoms with Crippen molar-refractivity contribution in [2.24, 2.45) is 0 Å². The quantitative estimate of drug-likeness (QED) is 0.559. The first-order valence-corrected chi connectivity index (χ1v) is 3.47. The first kappa shape index (κ1) is 7.03. The predicted molar refractivity (Wildman–Crippen MR) is 35.4 cm³/mol. The number of rotatable bonds is 2. The van der Waals surface area contributed by atoms with Crippen LogP contribution in [-0.4, -0.2) is 25.9 Å². The van der Waals surface area contributed by atoms with E-state index in [1.165, 1.54) is 6.42 Å². The minimum Gasteiger partial charge on any atom is -0.382 e. The van der Waals surface area contributed by atoms with Gasteiger partial charge in [0.05, 0.1) is 18.8 Å². The van der Waals surface area contributed by atoms with E-state index in [0.29, 0.717) is 12.2 Å². The van der Waals surface area contributed by atoms with Crippen molar-refractivity contribution in [3.05, 3.63) is 0 Å². The summed E-state index contributed by atoms with van der Waals surface area (Å²) in [4.78, 5) is 0. The van der Waals surface area contributed by atoms with Gasteiger partial charge in [0, 0.05) is 7.11 Å². The molecule has 0 unspecified atom stereocenters. The van der Waals surface area contributed by atoms with E-state index >= 15 is 0 Å². The number of ether oxygens (including phenoxy) is 2. The van der Waals surface area contributed by atoms with Gasteiger partial charge in [-0.25, -0.2) is 0 Å². The lowest BCUT2D eigenvalue weighted by atomic mass is 10.2. The van der Waals surface area contributed by atoms with Crippen LogP contribution >= 0.6 is 0 Å². The molecule has 1 heterocycles. The van der Waals surface area contributed by atoms with Gasteiger partial charge in [-0.05, 0) is 19.8 Å². The van der Waals surface area contributed by atoms with E-state index in [-0.39, 0.29) is 0 Å². The molecule has 0 aromatic heterocycles. The van der Waals surface area contributed by atoms with E-state index < -0.39 is 0 Å². The van der Waals surface area contributed by atoms with E-state index in [2.05, 4.69) is 6.92 Å². The van der Waals surface area contributed by atoms with Crippen molar-refractivity contribution in [3.63, 3.8) is 0 Å². The summed E-state index contributed by atoms with van der Waals surface area (Å²) in [6, 6.07) is 0. The zero-order chi connectivity index (χ0) is 6.69. The molecule has 2 atom stereocenters. The minimum absolute atomic E-state index is 0.366. The van der Waals surface area contributed by atoms with Crippen LogP contribution in [0.4, 0.5) is 0 Å². The molecule has 1 saturated heterocycles. The molecule has 2 heteroatoms. The zero-order valence-corrected chi connectivity index (χ0v) is 6.09. The molecule has 1 aliphatic rings. The van der Waals surface area contributed by atoms with Crippen LogP contribution in [0.15, 0.2) is 0 Å². The smallest absolute Gasteiger partial charge is 0.0812 e. The van der Waals surface area contributed by atoms with Crippen molar-refractivity contribution in [1.29, 1.82) is 0 Å². The third-order valence-electron chi connectivity index (χ3n) is 1.67. The normalized spacial score (nSPS) is 35.3. The van der Waals surface area contributed by atoms with Crippen LogP contribution in [0.25, 0.3) is 0 Å². The summed E-state index contributed by atoms with van der Waals surface area (Å²) in [7, 11) is 1.71. The molecule has 54 valence electrons. The van der Waals surface area contributed by atoms with Gasteiger partial charge in [0.25, 0.3) is 0 Å². The summed E-state index contributed by atoms with van der Waals surface area (Å²) in [5.41, 5.74) is 0. The highest BCUT2D eigenvalue weighted by Gasteiger charge is 2.20. The Kier molecular flexibility index (Phi) is 2.49. The van der Waals surface area contributed by atoms with Gasteiger partial charge in [-0.3, -0.25) is 0 Å². The van der Waals surface area contributed by atoms with Crippen molar-refractivity contribution in [3.8, 4) is 0 Å². The van der Waals surface area contributed by atoms with Crippen molar-refractivity contribution in [2.75, 3.05) is 13.7 Å². The standard InChI is InChI=1S/C7H14O2/c1-6-3-4-7(9-6)5-8-2/h6-7H,3-5H2,1-2H3/t6-,7-/m1/s1. The molecule has 0 N–H and O–H groups in total. The number of methoxy groups -OCH3 is 1. The summed E-state index contributed by atoms with van der Waals surface area (Å²) >= 11 is 0. The average Bonchev–Trinajstić information content (AvgIpc) is 2.17. The van der Waals surface area contributed by atoms with Gasteiger partial charge >= 0.3 is 0 Å². The lowest BCUT2D eigenvalue weighted by Gasteiger charge is -2.08. The highest BCUT2D eigenvalue weighted by molar-refractivity contribution is 4.69. The molecule has 0 amide bonds. The van der Waals surface area contributed by atoms with Crippen molar-refractivity contribution < 1.29 is 9.47 Å². The summed E-state index contributed by atoms with van der Waals surface area (Å²) in [6.45, 7) is 2.86. The number of hydrogen-bond acceptors (Lipinski definition) is 2. The molecular formula is C7H14O2. The van der Waals surface area contributed by atoms with Crippen LogP contribution in [0, 0.1) is 0 Å². The average molecular weight is 130 g/mol. The molecule has 0 spiro atoms. The van der Waals surface area contributed by atoms with Crippen LogP contribution in [0.1, 0.15) is 19.8 Å². The van der Waals surface area contributed by atoms with Gasteiger partial charge in [0.2, 0.25) is 0 Å². The lowest BCUT2D eigenvalue weighted by molar-refractivity contribution is 0.00553. The maximum atomic E-state index is 5.48. The van der Waals surface area contributed by atoms with E-state index in [9.17, 15) is 0 Å². The molecule has 0 saturated carbocycles. The second-order valence-electron chi connectivity index (χ2n) is 2.60. The van der Waals surface area contributed by atoms with Crippen LogP contribution in [-0.2, 0) is 9.47 Å². The zero-order valence-electron chi connectivity index (χ0n) is 6.09. The highest BCUT2D eigenvalue weighted by Crippen LogP contribution is 2.18. The van der Waals surface area contributed by atoms with E-state index in [1.54, 1.807) is 7.11 Å². The second-order valence-corrected chi connectivity index (χ2v) is 2.60.